The first-order valence-corrected chi connectivity index (χ1v) is 7.54. The van der Waals surface area contributed by atoms with Crippen LogP contribution in [-0.2, 0) is 6.54 Å². The Hall–Kier alpha value is -3.07. The van der Waals surface area contributed by atoms with Crippen LogP contribution >= 0.6 is 0 Å². The molecule has 0 fully saturated rings. The second kappa shape index (κ2) is 6.81. The van der Waals surface area contributed by atoms with Crippen LogP contribution in [0.1, 0.15) is 21.9 Å². The molecule has 130 valence electrons. The summed E-state index contributed by atoms with van der Waals surface area (Å²) in [6, 6.07) is 7.39. The van der Waals surface area contributed by atoms with E-state index in [9.17, 15) is 9.18 Å². The molecular weight excluding hydrogens is 327 g/mol. The Balaban J connectivity index is 1.76. The monoisotopic (exact) mass is 344 g/mol. The van der Waals surface area contributed by atoms with Crippen LogP contribution in [-0.4, -0.2) is 45.1 Å². The lowest BCUT2D eigenvalue weighted by atomic mass is 10.3. The molecule has 0 unspecified atom stereocenters. The zero-order chi connectivity index (χ0) is 18.0. The molecule has 2 heterocycles. The minimum atomic E-state index is -0.442. The van der Waals surface area contributed by atoms with Crippen LogP contribution in [0.2, 0.25) is 0 Å². The number of aromatic nitrogens is 4. The zero-order valence-corrected chi connectivity index (χ0v) is 14.0. The van der Waals surface area contributed by atoms with E-state index in [1.54, 1.807) is 25.1 Å². The van der Waals surface area contributed by atoms with E-state index in [0.29, 0.717) is 29.5 Å². The summed E-state index contributed by atoms with van der Waals surface area (Å²) < 4.78 is 19.7. The number of carbonyl (C=O) groups is 1. The van der Waals surface area contributed by atoms with Crippen LogP contribution in [0.4, 0.5) is 10.2 Å². The Bertz CT molecular complexity index is 884. The van der Waals surface area contributed by atoms with Gasteiger partial charge in [-0.25, -0.2) is 9.07 Å². The summed E-state index contributed by atoms with van der Waals surface area (Å²) in [5.74, 6) is 0.103. The molecule has 1 amide bonds. The molecule has 0 aliphatic rings. The molecule has 3 rings (SSSR count). The van der Waals surface area contributed by atoms with E-state index in [-0.39, 0.29) is 11.5 Å². The normalized spacial score (nSPS) is 11.1. The van der Waals surface area contributed by atoms with Crippen LogP contribution in [0.25, 0.3) is 5.69 Å². The average molecular weight is 344 g/mol. The van der Waals surface area contributed by atoms with Gasteiger partial charge in [0.1, 0.15) is 5.82 Å². The van der Waals surface area contributed by atoms with Crippen molar-refractivity contribution in [2.75, 3.05) is 19.4 Å². The number of hydrogen-bond donors (Lipinski definition) is 1. The van der Waals surface area contributed by atoms with E-state index in [4.69, 9.17) is 4.52 Å². The number of halogens is 1. The highest BCUT2D eigenvalue weighted by molar-refractivity contribution is 6.02. The second-order valence-corrected chi connectivity index (χ2v) is 5.78. The average Bonchev–Trinajstić information content (AvgIpc) is 3.16. The first kappa shape index (κ1) is 16.8. The lowest BCUT2D eigenvalue weighted by Gasteiger charge is -2.04. The molecule has 3 aromatic rings. The number of nitrogens with zero attached hydrogens (tertiary/aromatic N) is 5. The van der Waals surface area contributed by atoms with Crippen molar-refractivity contribution in [3.63, 3.8) is 0 Å². The number of amides is 1. The zero-order valence-electron chi connectivity index (χ0n) is 14.0. The lowest BCUT2D eigenvalue weighted by molar-refractivity contribution is 0.101. The van der Waals surface area contributed by atoms with E-state index in [1.165, 1.54) is 16.8 Å². The summed E-state index contributed by atoms with van der Waals surface area (Å²) in [6.45, 7) is 2.29. The molecule has 0 saturated heterocycles. The molecule has 25 heavy (non-hydrogen) atoms. The third-order valence-electron chi connectivity index (χ3n) is 3.46. The summed E-state index contributed by atoms with van der Waals surface area (Å²) in [5, 5.41) is 14.4. The molecule has 0 bridgehead atoms. The standard InChI is InChI=1S/C16H17FN6O2/c1-10-15(19-21-23(10)12-6-4-11(17)5-7-12)18-16(24)14-8-13(25-20-14)9-22(2)3/h4-8H,9H2,1-3H3,(H,18,24). The molecule has 0 saturated carbocycles. The lowest BCUT2D eigenvalue weighted by Crippen LogP contribution is -2.14. The maximum absolute atomic E-state index is 13.0. The maximum Gasteiger partial charge on any atom is 0.279 e. The van der Waals surface area contributed by atoms with Gasteiger partial charge in [0, 0.05) is 6.07 Å². The van der Waals surface area contributed by atoms with E-state index >= 15 is 0 Å². The highest BCUT2D eigenvalue weighted by Crippen LogP contribution is 2.17. The molecule has 0 aliphatic carbocycles. The third-order valence-corrected chi connectivity index (χ3v) is 3.46. The van der Waals surface area contributed by atoms with Crippen LogP contribution in [0, 0.1) is 12.7 Å². The van der Waals surface area contributed by atoms with Gasteiger partial charge in [-0.2, -0.15) is 0 Å². The molecule has 0 spiro atoms. The Morgan fingerprint density at radius 2 is 2.04 bits per heavy atom. The minimum absolute atomic E-state index is 0.160. The van der Waals surface area contributed by atoms with Crippen molar-refractivity contribution >= 4 is 11.7 Å². The smallest absolute Gasteiger partial charge is 0.279 e. The number of nitrogens with one attached hydrogen (secondary N) is 1. The molecule has 1 aromatic carbocycles. The summed E-state index contributed by atoms with van der Waals surface area (Å²) >= 11 is 0. The Morgan fingerprint density at radius 1 is 1.32 bits per heavy atom. The van der Waals surface area contributed by atoms with Crippen molar-refractivity contribution in [1.29, 1.82) is 0 Å². The fraction of sp³-hybridized carbons (Fsp3) is 0.250. The third kappa shape index (κ3) is 3.72. The number of anilines is 1. The molecule has 8 nitrogen and oxygen atoms in total. The van der Waals surface area contributed by atoms with E-state index in [1.807, 2.05) is 19.0 Å². The molecule has 2 aromatic heterocycles. The quantitative estimate of drug-likeness (QED) is 0.762. The highest BCUT2D eigenvalue weighted by Gasteiger charge is 2.17. The van der Waals surface area contributed by atoms with E-state index < -0.39 is 5.91 Å². The van der Waals surface area contributed by atoms with Gasteiger partial charge >= 0.3 is 0 Å². The molecule has 9 heteroatoms. The van der Waals surface area contributed by atoms with Gasteiger partial charge in [0.15, 0.2) is 17.3 Å². The summed E-state index contributed by atoms with van der Waals surface area (Å²) in [7, 11) is 3.78. The number of hydrogen-bond acceptors (Lipinski definition) is 6. The van der Waals surface area contributed by atoms with Crippen molar-refractivity contribution in [3.05, 3.63) is 53.3 Å². The SMILES string of the molecule is Cc1c(NC(=O)c2cc(CN(C)C)on2)nnn1-c1ccc(F)cc1. The van der Waals surface area contributed by atoms with Gasteiger partial charge in [-0.15, -0.1) is 5.10 Å². The number of carbonyl (C=O) groups excluding carboxylic acids is 1. The molecule has 0 atom stereocenters. The van der Waals surface area contributed by atoms with Gasteiger partial charge in [0.2, 0.25) is 0 Å². The topological polar surface area (TPSA) is 89.1 Å². The minimum Gasteiger partial charge on any atom is -0.359 e. The molecular formula is C16H17FN6O2. The van der Waals surface area contributed by atoms with Crippen molar-refractivity contribution in [3.8, 4) is 5.69 Å². The van der Waals surface area contributed by atoms with Gasteiger partial charge < -0.3 is 14.7 Å². The maximum atomic E-state index is 13.0. The Labute approximate surface area is 143 Å². The van der Waals surface area contributed by atoms with Gasteiger partial charge in [0.25, 0.3) is 5.91 Å². The first-order chi connectivity index (χ1) is 11.9. The second-order valence-electron chi connectivity index (χ2n) is 5.78. The summed E-state index contributed by atoms with van der Waals surface area (Å²) in [5.41, 5.74) is 1.41. The van der Waals surface area contributed by atoms with E-state index in [2.05, 4.69) is 20.8 Å². The Kier molecular flexibility index (Phi) is 4.57. The van der Waals surface area contributed by atoms with Crippen molar-refractivity contribution < 1.29 is 13.7 Å². The van der Waals surface area contributed by atoms with Gasteiger partial charge in [-0.1, -0.05) is 10.4 Å². The fourth-order valence-electron chi connectivity index (χ4n) is 2.25. The van der Waals surface area contributed by atoms with Crippen molar-refractivity contribution in [2.45, 2.75) is 13.5 Å². The van der Waals surface area contributed by atoms with Gasteiger partial charge in [-0.3, -0.25) is 4.79 Å². The largest absolute Gasteiger partial charge is 0.359 e. The molecule has 1 N–H and O–H groups in total. The number of rotatable bonds is 5. The van der Waals surface area contributed by atoms with Crippen LogP contribution in [0.15, 0.2) is 34.9 Å². The predicted octanol–water partition coefficient (Wildman–Crippen LogP) is 2.02. The van der Waals surface area contributed by atoms with Crippen molar-refractivity contribution in [1.82, 2.24) is 25.1 Å². The van der Waals surface area contributed by atoms with Crippen LogP contribution < -0.4 is 5.32 Å². The van der Waals surface area contributed by atoms with Crippen LogP contribution in [0.5, 0.6) is 0 Å². The highest BCUT2D eigenvalue weighted by atomic mass is 19.1. The number of benzene rings is 1. The van der Waals surface area contributed by atoms with Gasteiger partial charge in [-0.05, 0) is 45.3 Å². The molecule has 0 aliphatic heterocycles. The van der Waals surface area contributed by atoms with Crippen LogP contribution in [0.3, 0.4) is 0 Å². The van der Waals surface area contributed by atoms with Gasteiger partial charge in [0.05, 0.1) is 17.9 Å². The fourth-order valence-corrected chi connectivity index (χ4v) is 2.25. The van der Waals surface area contributed by atoms with Crippen molar-refractivity contribution in [2.24, 2.45) is 0 Å². The first-order valence-electron chi connectivity index (χ1n) is 7.54. The van der Waals surface area contributed by atoms with E-state index in [0.717, 1.165) is 0 Å². The summed E-state index contributed by atoms with van der Waals surface area (Å²) in [6.07, 6.45) is 0. The molecule has 0 radical (unpaired) electrons. The Morgan fingerprint density at radius 3 is 2.72 bits per heavy atom. The predicted molar refractivity (Wildman–Crippen MR) is 87.9 cm³/mol. The summed E-state index contributed by atoms with van der Waals surface area (Å²) in [4.78, 5) is 14.2.